The molecule has 1 aromatic carbocycles. The zero-order valence-electron chi connectivity index (χ0n) is 8.21. The highest BCUT2D eigenvalue weighted by Gasteiger charge is 2.02. The molecule has 0 radical (unpaired) electrons. The molecule has 0 fully saturated rings. The highest BCUT2D eigenvalue weighted by atomic mass is 127. The Labute approximate surface area is 101 Å². The molecule has 0 amide bonds. The smallest absolute Gasteiger partial charge is 0.189 e. The molecule has 1 N–H and O–H groups in total. The molecule has 0 saturated carbocycles. The Hall–Kier alpha value is -0.880. The second-order valence-electron chi connectivity index (χ2n) is 3.28. The molecule has 0 spiro atoms. The summed E-state index contributed by atoms with van der Waals surface area (Å²) in [4.78, 5) is 14.9. The summed E-state index contributed by atoms with van der Waals surface area (Å²) in [5.74, 6) is 0. The van der Waals surface area contributed by atoms with Crippen molar-refractivity contribution in [1.82, 2.24) is 4.98 Å². The lowest BCUT2D eigenvalue weighted by Gasteiger charge is -2.03. The highest BCUT2D eigenvalue weighted by molar-refractivity contribution is 14.1. The molecule has 0 saturated heterocycles. The predicted octanol–water partition coefficient (Wildman–Crippen LogP) is 2.28. The van der Waals surface area contributed by atoms with E-state index in [2.05, 4.69) is 27.6 Å². The van der Waals surface area contributed by atoms with Gasteiger partial charge in [0.05, 0.1) is 6.61 Å². The lowest BCUT2D eigenvalue weighted by molar-refractivity contribution is 0.181. The third-order valence-corrected chi connectivity index (χ3v) is 2.82. The second-order valence-corrected chi connectivity index (χ2v) is 4.53. The minimum Gasteiger partial charge on any atom is -0.378 e. The van der Waals surface area contributed by atoms with Gasteiger partial charge in [-0.2, -0.15) is 0 Å². The van der Waals surface area contributed by atoms with Gasteiger partial charge in [0, 0.05) is 33.3 Å². The van der Waals surface area contributed by atoms with Crippen LogP contribution in [-0.2, 0) is 11.3 Å². The SMILES string of the molecule is COCc1cc(=O)c2cc(I)ccc2[nH]1. The molecular weight excluding hydrogens is 305 g/mol. The molecule has 0 bridgehead atoms. The van der Waals surface area contributed by atoms with Crippen LogP contribution >= 0.6 is 22.6 Å². The van der Waals surface area contributed by atoms with Crippen molar-refractivity contribution in [3.8, 4) is 0 Å². The Morgan fingerprint density at radius 1 is 1.40 bits per heavy atom. The van der Waals surface area contributed by atoms with Crippen LogP contribution < -0.4 is 5.43 Å². The Morgan fingerprint density at radius 2 is 2.20 bits per heavy atom. The standard InChI is InChI=1S/C11H10INO2/c1-15-6-8-5-11(14)9-4-7(12)2-3-10(9)13-8/h2-5H,6H2,1H3,(H,13,14). The average molecular weight is 315 g/mol. The van der Waals surface area contributed by atoms with Crippen LogP contribution in [-0.4, -0.2) is 12.1 Å². The summed E-state index contributed by atoms with van der Waals surface area (Å²) in [5.41, 5.74) is 1.69. The summed E-state index contributed by atoms with van der Waals surface area (Å²) in [6.45, 7) is 0.428. The molecule has 0 unspecified atom stereocenters. The van der Waals surface area contributed by atoms with Crippen molar-refractivity contribution in [2.75, 3.05) is 7.11 Å². The quantitative estimate of drug-likeness (QED) is 0.864. The Bertz CT molecular complexity index is 548. The number of halogens is 1. The van der Waals surface area contributed by atoms with Gasteiger partial charge in [-0.25, -0.2) is 0 Å². The van der Waals surface area contributed by atoms with Crippen LogP contribution in [0.2, 0.25) is 0 Å². The van der Waals surface area contributed by atoms with Crippen molar-refractivity contribution in [3.63, 3.8) is 0 Å². The van der Waals surface area contributed by atoms with Gasteiger partial charge in [0.15, 0.2) is 5.43 Å². The van der Waals surface area contributed by atoms with Crippen LogP contribution in [0.5, 0.6) is 0 Å². The third-order valence-electron chi connectivity index (χ3n) is 2.15. The minimum absolute atomic E-state index is 0.0364. The number of H-pyrrole nitrogens is 1. The Balaban J connectivity index is 2.67. The number of nitrogens with one attached hydrogen (secondary N) is 1. The van der Waals surface area contributed by atoms with Gasteiger partial charge in [-0.15, -0.1) is 0 Å². The molecule has 1 aromatic heterocycles. The van der Waals surface area contributed by atoms with Crippen molar-refractivity contribution in [1.29, 1.82) is 0 Å². The topological polar surface area (TPSA) is 42.1 Å². The predicted molar refractivity (Wildman–Crippen MR) is 68.0 cm³/mol. The summed E-state index contributed by atoms with van der Waals surface area (Å²) in [6, 6.07) is 7.35. The van der Waals surface area contributed by atoms with E-state index in [0.717, 1.165) is 20.2 Å². The van der Waals surface area contributed by atoms with E-state index < -0.39 is 0 Å². The fraction of sp³-hybridized carbons (Fsp3) is 0.182. The third kappa shape index (κ3) is 2.21. The van der Waals surface area contributed by atoms with Crippen LogP contribution in [0.15, 0.2) is 29.1 Å². The molecule has 0 aliphatic carbocycles. The first kappa shape index (κ1) is 10.6. The van der Waals surface area contributed by atoms with E-state index in [1.54, 1.807) is 13.2 Å². The van der Waals surface area contributed by atoms with Crippen molar-refractivity contribution < 1.29 is 4.74 Å². The lowest BCUT2D eigenvalue weighted by atomic mass is 10.2. The number of rotatable bonds is 2. The van der Waals surface area contributed by atoms with E-state index in [4.69, 9.17) is 4.74 Å². The zero-order valence-corrected chi connectivity index (χ0v) is 10.4. The molecule has 2 rings (SSSR count). The van der Waals surface area contributed by atoms with Crippen LogP contribution in [0.25, 0.3) is 10.9 Å². The zero-order chi connectivity index (χ0) is 10.8. The average Bonchev–Trinajstić information content (AvgIpc) is 2.20. The summed E-state index contributed by atoms with van der Waals surface area (Å²) >= 11 is 2.19. The van der Waals surface area contributed by atoms with Gasteiger partial charge in [-0.3, -0.25) is 4.79 Å². The van der Waals surface area contributed by atoms with Crippen LogP contribution in [0, 0.1) is 3.57 Å². The number of aromatic amines is 1. The van der Waals surface area contributed by atoms with Crippen LogP contribution in [0.3, 0.4) is 0 Å². The number of aromatic nitrogens is 1. The number of ether oxygens (including phenoxy) is 1. The van der Waals surface area contributed by atoms with E-state index in [0.29, 0.717) is 6.61 Å². The lowest BCUT2D eigenvalue weighted by Crippen LogP contribution is -2.05. The fourth-order valence-electron chi connectivity index (χ4n) is 1.51. The number of hydrogen-bond acceptors (Lipinski definition) is 2. The monoisotopic (exact) mass is 315 g/mol. The van der Waals surface area contributed by atoms with E-state index in [-0.39, 0.29) is 5.43 Å². The largest absolute Gasteiger partial charge is 0.378 e. The van der Waals surface area contributed by atoms with E-state index in [9.17, 15) is 4.79 Å². The Morgan fingerprint density at radius 3 is 2.93 bits per heavy atom. The molecule has 3 nitrogen and oxygen atoms in total. The minimum atomic E-state index is 0.0364. The first-order valence-electron chi connectivity index (χ1n) is 4.51. The summed E-state index contributed by atoms with van der Waals surface area (Å²) < 4.78 is 6.04. The second kappa shape index (κ2) is 4.32. The first-order chi connectivity index (χ1) is 7.20. The molecule has 0 aliphatic heterocycles. The number of hydrogen-bond donors (Lipinski definition) is 1. The van der Waals surface area contributed by atoms with Crippen molar-refractivity contribution in [3.05, 3.63) is 43.8 Å². The maximum atomic E-state index is 11.7. The summed E-state index contributed by atoms with van der Waals surface area (Å²) in [5, 5.41) is 0.724. The van der Waals surface area contributed by atoms with Gasteiger partial charge in [-0.05, 0) is 40.8 Å². The fourth-order valence-corrected chi connectivity index (χ4v) is 2.00. The summed E-state index contributed by atoms with van der Waals surface area (Å²) in [6.07, 6.45) is 0. The van der Waals surface area contributed by atoms with Gasteiger partial charge in [0.1, 0.15) is 0 Å². The molecule has 1 heterocycles. The van der Waals surface area contributed by atoms with E-state index in [1.165, 1.54) is 0 Å². The van der Waals surface area contributed by atoms with Crippen molar-refractivity contribution >= 4 is 33.5 Å². The maximum absolute atomic E-state index is 11.7. The van der Waals surface area contributed by atoms with Crippen LogP contribution in [0.1, 0.15) is 5.69 Å². The number of benzene rings is 1. The molecule has 4 heteroatoms. The number of fused-ring (bicyclic) bond motifs is 1. The van der Waals surface area contributed by atoms with E-state index in [1.807, 2.05) is 18.2 Å². The van der Waals surface area contributed by atoms with Gasteiger partial charge < -0.3 is 9.72 Å². The number of methoxy groups -OCH3 is 1. The number of pyridine rings is 1. The van der Waals surface area contributed by atoms with Crippen molar-refractivity contribution in [2.24, 2.45) is 0 Å². The van der Waals surface area contributed by atoms with Crippen LogP contribution in [0.4, 0.5) is 0 Å². The highest BCUT2D eigenvalue weighted by Crippen LogP contribution is 2.13. The van der Waals surface area contributed by atoms with Gasteiger partial charge in [-0.1, -0.05) is 0 Å². The molecular formula is C11H10INO2. The molecule has 2 aromatic rings. The van der Waals surface area contributed by atoms with Gasteiger partial charge in [0.2, 0.25) is 0 Å². The normalized spacial score (nSPS) is 10.8. The first-order valence-corrected chi connectivity index (χ1v) is 5.59. The molecule has 78 valence electrons. The Kier molecular flexibility index (Phi) is 3.06. The summed E-state index contributed by atoms with van der Waals surface area (Å²) in [7, 11) is 1.61. The van der Waals surface area contributed by atoms with Gasteiger partial charge >= 0.3 is 0 Å². The molecule has 15 heavy (non-hydrogen) atoms. The van der Waals surface area contributed by atoms with E-state index >= 15 is 0 Å². The van der Waals surface area contributed by atoms with Gasteiger partial charge in [0.25, 0.3) is 0 Å². The molecule has 0 atom stereocenters. The van der Waals surface area contributed by atoms with Crippen molar-refractivity contribution in [2.45, 2.75) is 6.61 Å². The molecule has 0 aliphatic rings. The maximum Gasteiger partial charge on any atom is 0.189 e.